The minimum absolute atomic E-state index is 0. The van der Waals surface area contributed by atoms with E-state index in [1.165, 1.54) is 19.3 Å². The van der Waals surface area contributed by atoms with E-state index in [-0.39, 0.29) is 24.0 Å². The molecule has 0 aliphatic heterocycles. The zero-order valence-electron chi connectivity index (χ0n) is 13.5. The Morgan fingerprint density at radius 3 is 2.67 bits per heavy atom. The molecule has 0 amide bonds. The predicted octanol–water partition coefficient (Wildman–Crippen LogP) is 3.47. The summed E-state index contributed by atoms with van der Waals surface area (Å²) in [6.45, 7) is 1.39. The van der Waals surface area contributed by atoms with Gasteiger partial charge in [-0.25, -0.2) is 0 Å². The van der Waals surface area contributed by atoms with Gasteiger partial charge in [0.05, 0.1) is 6.54 Å². The smallest absolute Gasteiger partial charge is 0.246 e. The Morgan fingerprint density at radius 1 is 1.29 bits per heavy atom. The second kappa shape index (κ2) is 9.22. The molecule has 0 unspecified atom stereocenters. The average Bonchev–Trinajstić information content (AvgIpc) is 2.98. The second-order valence-corrected chi connectivity index (χ2v) is 6.06. The summed E-state index contributed by atoms with van der Waals surface area (Å²) in [6, 6.07) is 7.34. The molecule has 1 heterocycles. The van der Waals surface area contributed by atoms with Crippen LogP contribution in [-0.2, 0) is 6.54 Å². The number of rotatable bonds is 5. The van der Waals surface area contributed by atoms with Gasteiger partial charge in [-0.05, 0) is 43.0 Å². The normalized spacial score (nSPS) is 14.7. The van der Waals surface area contributed by atoms with Crippen LogP contribution in [0.4, 0.5) is 0 Å². The van der Waals surface area contributed by atoms with Gasteiger partial charge in [0.1, 0.15) is 0 Å². The summed E-state index contributed by atoms with van der Waals surface area (Å²) in [5, 5.41) is 11.2. The number of benzene rings is 1. The molecule has 2 N–H and O–H groups in total. The van der Waals surface area contributed by atoms with Gasteiger partial charge in [-0.3, -0.25) is 4.99 Å². The highest BCUT2D eigenvalue weighted by Gasteiger charge is 2.17. The van der Waals surface area contributed by atoms with E-state index in [0.717, 1.165) is 24.0 Å². The molecule has 8 heteroatoms. The van der Waals surface area contributed by atoms with Crippen molar-refractivity contribution in [1.82, 2.24) is 20.8 Å². The Balaban J connectivity index is 0.00000208. The molecule has 6 nitrogen and oxygen atoms in total. The van der Waals surface area contributed by atoms with Crippen LogP contribution in [0.2, 0.25) is 5.02 Å². The van der Waals surface area contributed by atoms with E-state index < -0.39 is 0 Å². The predicted molar refractivity (Wildman–Crippen MR) is 106 cm³/mol. The molecular formula is C16H21ClIN5O. The summed E-state index contributed by atoms with van der Waals surface area (Å²) in [7, 11) is 1.75. The molecule has 0 bridgehead atoms. The van der Waals surface area contributed by atoms with E-state index in [0.29, 0.717) is 23.3 Å². The van der Waals surface area contributed by atoms with Crippen LogP contribution in [0.5, 0.6) is 0 Å². The van der Waals surface area contributed by atoms with Crippen LogP contribution in [0.15, 0.2) is 33.8 Å². The first kappa shape index (κ1) is 19.0. The molecule has 0 spiro atoms. The molecule has 3 rings (SSSR count). The number of halogens is 2. The standard InChI is InChI=1S/C16H20ClN5O.HI/c1-18-16(19-9-11-3-2-4-11)20-10-14-21-15(22-23-14)12-5-7-13(17)8-6-12;/h5-8,11H,2-4,9-10H2,1H3,(H2,18,19,20);1H. The first-order chi connectivity index (χ1) is 11.2. The fourth-order valence-electron chi connectivity index (χ4n) is 2.36. The Morgan fingerprint density at radius 2 is 2.04 bits per heavy atom. The number of aromatic nitrogens is 2. The highest BCUT2D eigenvalue weighted by molar-refractivity contribution is 14.0. The second-order valence-electron chi connectivity index (χ2n) is 5.62. The lowest BCUT2D eigenvalue weighted by atomic mass is 9.85. The number of hydrogen-bond donors (Lipinski definition) is 2. The molecule has 130 valence electrons. The molecule has 1 aliphatic rings. The highest BCUT2D eigenvalue weighted by Crippen LogP contribution is 2.25. The number of nitrogens with zero attached hydrogens (tertiary/aromatic N) is 3. The fraction of sp³-hybridized carbons (Fsp3) is 0.438. The van der Waals surface area contributed by atoms with E-state index >= 15 is 0 Å². The first-order valence-corrected chi connectivity index (χ1v) is 8.15. The molecule has 24 heavy (non-hydrogen) atoms. The lowest BCUT2D eigenvalue weighted by Crippen LogP contribution is -2.40. The van der Waals surface area contributed by atoms with Gasteiger partial charge in [0.25, 0.3) is 0 Å². The van der Waals surface area contributed by atoms with Crippen molar-refractivity contribution in [1.29, 1.82) is 0 Å². The van der Waals surface area contributed by atoms with Crippen molar-refractivity contribution < 1.29 is 4.52 Å². The third-order valence-corrected chi connectivity index (χ3v) is 4.24. The molecule has 0 atom stereocenters. The molecule has 0 radical (unpaired) electrons. The lowest BCUT2D eigenvalue weighted by Gasteiger charge is -2.26. The van der Waals surface area contributed by atoms with E-state index in [1.807, 2.05) is 12.1 Å². The number of hydrogen-bond acceptors (Lipinski definition) is 4. The Hall–Kier alpha value is -1.35. The number of nitrogens with one attached hydrogen (secondary N) is 2. The number of guanidine groups is 1. The topological polar surface area (TPSA) is 75.3 Å². The maximum atomic E-state index is 5.88. The van der Waals surface area contributed by atoms with Crippen LogP contribution in [0.25, 0.3) is 11.4 Å². The average molecular weight is 462 g/mol. The van der Waals surface area contributed by atoms with E-state index in [4.69, 9.17) is 16.1 Å². The van der Waals surface area contributed by atoms with Crippen molar-refractivity contribution in [3.05, 3.63) is 35.2 Å². The minimum atomic E-state index is 0. The molecule has 1 aliphatic carbocycles. The van der Waals surface area contributed by atoms with Gasteiger partial charge >= 0.3 is 0 Å². The minimum Gasteiger partial charge on any atom is -0.356 e. The monoisotopic (exact) mass is 461 g/mol. The number of aliphatic imine (C=N–C) groups is 1. The van der Waals surface area contributed by atoms with Crippen molar-refractivity contribution in [2.75, 3.05) is 13.6 Å². The van der Waals surface area contributed by atoms with Crippen LogP contribution in [0.3, 0.4) is 0 Å². The van der Waals surface area contributed by atoms with Gasteiger partial charge < -0.3 is 15.2 Å². The van der Waals surface area contributed by atoms with Crippen molar-refractivity contribution in [2.45, 2.75) is 25.8 Å². The summed E-state index contributed by atoms with van der Waals surface area (Å²) in [5.41, 5.74) is 0.872. The van der Waals surface area contributed by atoms with Gasteiger partial charge in [0, 0.05) is 24.2 Å². The quantitative estimate of drug-likeness (QED) is 0.405. The molecular weight excluding hydrogens is 441 g/mol. The summed E-state index contributed by atoms with van der Waals surface area (Å²) in [5.74, 6) is 2.59. The van der Waals surface area contributed by atoms with E-state index in [2.05, 4.69) is 25.8 Å². The zero-order valence-corrected chi connectivity index (χ0v) is 16.5. The summed E-state index contributed by atoms with van der Waals surface area (Å²) >= 11 is 5.88. The van der Waals surface area contributed by atoms with Gasteiger partial charge in [-0.2, -0.15) is 4.98 Å². The third-order valence-electron chi connectivity index (χ3n) is 3.98. The fourth-order valence-corrected chi connectivity index (χ4v) is 2.49. The van der Waals surface area contributed by atoms with E-state index in [9.17, 15) is 0 Å². The Kier molecular flexibility index (Phi) is 7.29. The summed E-state index contributed by atoms with van der Waals surface area (Å²) in [4.78, 5) is 8.57. The summed E-state index contributed by atoms with van der Waals surface area (Å²) < 4.78 is 5.26. The SMILES string of the molecule is CN=C(NCc1nc(-c2ccc(Cl)cc2)no1)NCC1CCC1.I. The van der Waals surface area contributed by atoms with Crippen molar-refractivity contribution in [3.8, 4) is 11.4 Å². The van der Waals surface area contributed by atoms with Gasteiger partial charge in [-0.15, -0.1) is 24.0 Å². The van der Waals surface area contributed by atoms with Gasteiger partial charge in [-0.1, -0.05) is 23.2 Å². The summed E-state index contributed by atoms with van der Waals surface area (Å²) in [6.07, 6.45) is 3.95. The third kappa shape index (κ3) is 5.07. The van der Waals surface area contributed by atoms with Crippen LogP contribution in [-0.4, -0.2) is 29.7 Å². The Labute approximate surface area is 163 Å². The van der Waals surface area contributed by atoms with Crippen molar-refractivity contribution >= 4 is 41.5 Å². The van der Waals surface area contributed by atoms with Crippen molar-refractivity contribution in [2.24, 2.45) is 10.9 Å². The van der Waals surface area contributed by atoms with Crippen LogP contribution < -0.4 is 10.6 Å². The molecule has 1 fully saturated rings. The lowest BCUT2D eigenvalue weighted by molar-refractivity contribution is 0.314. The van der Waals surface area contributed by atoms with Crippen LogP contribution in [0.1, 0.15) is 25.2 Å². The Bertz CT molecular complexity index is 669. The largest absolute Gasteiger partial charge is 0.356 e. The van der Waals surface area contributed by atoms with Gasteiger partial charge in [0.2, 0.25) is 11.7 Å². The van der Waals surface area contributed by atoms with Gasteiger partial charge in [0.15, 0.2) is 5.96 Å². The molecule has 1 saturated carbocycles. The molecule has 0 saturated heterocycles. The first-order valence-electron chi connectivity index (χ1n) is 7.77. The zero-order chi connectivity index (χ0) is 16.1. The molecule has 1 aromatic carbocycles. The van der Waals surface area contributed by atoms with Crippen LogP contribution >= 0.6 is 35.6 Å². The van der Waals surface area contributed by atoms with Crippen molar-refractivity contribution in [3.63, 3.8) is 0 Å². The van der Waals surface area contributed by atoms with E-state index in [1.54, 1.807) is 19.2 Å². The molecule has 2 aromatic rings. The maximum Gasteiger partial charge on any atom is 0.246 e. The van der Waals surface area contributed by atoms with Crippen LogP contribution in [0, 0.1) is 5.92 Å². The highest BCUT2D eigenvalue weighted by atomic mass is 127. The maximum absolute atomic E-state index is 5.88. The molecule has 1 aromatic heterocycles.